The highest BCUT2D eigenvalue weighted by molar-refractivity contribution is 7.03. The number of nitrogens with zero attached hydrogens (tertiary/aromatic N) is 2. The predicted octanol–water partition coefficient (Wildman–Crippen LogP) is 1.89. The van der Waals surface area contributed by atoms with Crippen molar-refractivity contribution in [1.29, 1.82) is 0 Å². The normalized spacial score (nSPS) is 12.7. The molecule has 0 radical (unpaired) electrons. The highest BCUT2D eigenvalue weighted by Crippen LogP contribution is 2.20. The summed E-state index contributed by atoms with van der Waals surface area (Å²) in [6.07, 6.45) is 3.58. The summed E-state index contributed by atoms with van der Waals surface area (Å²) in [7, 11) is 0. The molecule has 0 saturated carbocycles. The van der Waals surface area contributed by atoms with Crippen molar-refractivity contribution in [3.8, 4) is 0 Å². The van der Waals surface area contributed by atoms with Gasteiger partial charge in [-0.25, -0.2) is 0 Å². The number of nitrogens with two attached hydrogens (primary N) is 1. The van der Waals surface area contributed by atoms with Crippen molar-refractivity contribution in [2.75, 3.05) is 0 Å². The highest BCUT2D eigenvalue weighted by Gasteiger charge is 2.12. The minimum atomic E-state index is -0.157. The molecule has 0 aliphatic rings. The van der Waals surface area contributed by atoms with Crippen LogP contribution in [-0.4, -0.2) is 9.36 Å². The third kappa shape index (κ3) is 1.66. The van der Waals surface area contributed by atoms with Gasteiger partial charge in [0.1, 0.15) is 0 Å². The number of aromatic nitrogens is 2. The Morgan fingerprint density at radius 1 is 1.43 bits per heavy atom. The summed E-state index contributed by atoms with van der Waals surface area (Å²) in [4.78, 5) is 4.07. The van der Waals surface area contributed by atoms with E-state index in [-0.39, 0.29) is 6.04 Å². The zero-order valence-corrected chi connectivity index (χ0v) is 8.66. The maximum atomic E-state index is 6.07. The van der Waals surface area contributed by atoms with Gasteiger partial charge in [-0.05, 0) is 41.7 Å². The van der Waals surface area contributed by atoms with Gasteiger partial charge in [0.05, 0.1) is 11.7 Å². The summed E-state index contributed by atoms with van der Waals surface area (Å²) in [5.74, 6) is 0. The molecular weight excluding hydrogens is 194 g/mol. The van der Waals surface area contributed by atoms with Crippen LogP contribution < -0.4 is 5.73 Å². The van der Waals surface area contributed by atoms with Crippen LogP contribution in [0.1, 0.15) is 22.9 Å². The van der Waals surface area contributed by atoms with Crippen molar-refractivity contribution in [3.05, 3.63) is 46.7 Å². The lowest BCUT2D eigenvalue weighted by molar-refractivity contribution is 0.830. The van der Waals surface area contributed by atoms with Gasteiger partial charge in [0.15, 0.2) is 0 Å². The third-order valence-electron chi connectivity index (χ3n) is 2.19. The van der Waals surface area contributed by atoms with E-state index in [0.29, 0.717) is 0 Å². The molecule has 0 fully saturated rings. The molecule has 1 unspecified atom stereocenters. The van der Waals surface area contributed by atoms with Crippen LogP contribution in [0.3, 0.4) is 0 Å². The Kier molecular flexibility index (Phi) is 2.56. The first-order valence-electron chi connectivity index (χ1n) is 4.35. The minimum Gasteiger partial charge on any atom is -0.319 e. The Hall–Kier alpha value is -1.26. The molecule has 2 rings (SSSR count). The maximum absolute atomic E-state index is 6.07. The molecule has 14 heavy (non-hydrogen) atoms. The number of hydrogen-bond acceptors (Lipinski definition) is 4. The predicted molar refractivity (Wildman–Crippen MR) is 57.1 cm³/mol. The minimum absolute atomic E-state index is 0.157. The summed E-state index contributed by atoms with van der Waals surface area (Å²) in [5, 5.41) is 1.93. The highest BCUT2D eigenvalue weighted by atomic mass is 32.1. The Balaban J connectivity index is 2.37. The van der Waals surface area contributed by atoms with Gasteiger partial charge >= 0.3 is 0 Å². The lowest BCUT2D eigenvalue weighted by Crippen LogP contribution is -2.13. The van der Waals surface area contributed by atoms with Gasteiger partial charge in [-0.1, -0.05) is 0 Å². The first kappa shape index (κ1) is 9.30. The summed E-state index contributed by atoms with van der Waals surface area (Å²) in [6.45, 7) is 2.03. The van der Waals surface area contributed by atoms with Crippen molar-refractivity contribution in [3.63, 3.8) is 0 Å². The van der Waals surface area contributed by atoms with E-state index in [4.69, 9.17) is 5.73 Å². The smallest absolute Gasteiger partial charge is 0.0755 e. The lowest BCUT2D eigenvalue weighted by Gasteiger charge is -2.10. The monoisotopic (exact) mass is 205 g/mol. The second kappa shape index (κ2) is 3.86. The van der Waals surface area contributed by atoms with Crippen molar-refractivity contribution in [1.82, 2.24) is 9.36 Å². The number of hydrogen-bond donors (Lipinski definition) is 1. The van der Waals surface area contributed by atoms with Crippen LogP contribution in [-0.2, 0) is 0 Å². The van der Waals surface area contributed by atoms with Gasteiger partial charge < -0.3 is 5.73 Å². The van der Waals surface area contributed by atoms with E-state index >= 15 is 0 Å². The van der Waals surface area contributed by atoms with Crippen LogP contribution >= 0.6 is 11.5 Å². The Bertz CT molecular complexity index is 411. The average molecular weight is 205 g/mol. The van der Waals surface area contributed by atoms with E-state index in [2.05, 4.69) is 9.36 Å². The topological polar surface area (TPSA) is 51.8 Å². The van der Waals surface area contributed by atoms with Crippen LogP contribution in [0, 0.1) is 6.92 Å². The summed E-state index contributed by atoms with van der Waals surface area (Å²) in [6, 6.07) is 3.75. The molecular formula is C10H11N3S. The van der Waals surface area contributed by atoms with Crippen LogP contribution in [0.5, 0.6) is 0 Å². The first-order chi connectivity index (χ1) is 6.79. The van der Waals surface area contributed by atoms with Gasteiger partial charge in [0.25, 0.3) is 0 Å². The van der Waals surface area contributed by atoms with Crippen LogP contribution in [0.15, 0.2) is 29.9 Å². The van der Waals surface area contributed by atoms with E-state index < -0.39 is 0 Å². The van der Waals surface area contributed by atoms with E-state index in [1.165, 1.54) is 11.5 Å². The molecule has 2 aromatic heterocycles. The molecule has 0 saturated heterocycles. The standard InChI is InChI=1S/C10H11N3S/c1-7-2-4-12-6-8(7)10(11)9-3-5-14-13-9/h2-6,10H,11H2,1H3. The molecule has 0 spiro atoms. The molecule has 0 bridgehead atoms. The molecule has 3 nitrogen and oxygen atoms in total. The third-order valence-corrected chi connectivity index (χ3v) is 2.77. The second-order valence-electron chi connectivity index (χ2n) is 3.13. The maximum Gasteiger partial charge on any atom is 0.0755 e. The Morgan fingerprint density at radius 2 is 2.29 bits per heavy atom. The molecule has 1 atom stereocenters. The number of aryl methyl sites for hydroxylation is 1. The van der Waals surface area contributed by atoms with Crippen molar-refractivity contribution in [2.24, 2.45) is 5.73 Å². The largest absolute Gasteiger partial charge is 0.319 e. The first-order valence-corrected chi connectivity index (χ1v) is 5.19. The quantitative estimate of drug-likeness (QED) is 0.814. The van der Waals surface area contributed by atoms with Crippen LogP contribution in [0.25, 0.3) is 0 Å². The van der Waals surface area contributed by atoms with Crippen molar-refractivity contribution < 1.29 is 0 Å². The molecule has 0 amide bonds. The second-order valence-corrected chi connectivity index (χ2v) is 3.80. The summed E-state index contributed by atoms with van der Waals surface area (Å²) >= 11 is 1.42. The molecule has 0 aromatic carbocycles. The SMILES string of the molecule is Cc1ccncc1C(N)c1ccsn1. The molecule has 0 aliphatic heterocycles. The Morgan fingerprint density at radius 3 is 2.93 bits per heavy atom. The molecule has 0 aliphatic carbocycles. The zero-order valence-electron chi connectivity index (χ0n) is 7.84. The van der Waals surface area contributed by atoms with E-state index in [0.717, 1.165) is 16.8 Å². The van der Waals surface area contributed by atoms with Crippen LogP contribution in [0.4, 0.5) is 0 Å². The molecule has 2 heterocycles. The van der Waals surface area contributed by atoms with Crippen LogP contribution in [0.2, 0.25) is 0 Å². The fourth-order valence-corrected chi connectivity index (χ4v) is 1.90. The lowest BCUT2D eigenvalue weighted by atomic mass is 10.0. The number of rotatable bonds is 2. The van der Waals surface area contributed by atoms with Gasteiger partial charge in [-0.15, -0.1) is 0 Å². The van der Waals surface area contributed by atoms with Gasteiger partial charge in [-0.3, -0.25) is 4.98 Å². The summed E-state index contributed by atoms with van der Waals surface area (Å²) in [5.41, 5.74) is 9.17. The van der Waals surface area contributed by atoms with Gasteiger partial charge in [-0.2, -0.15) is 4.37 Å². The van der Waals surface area contributed by atoms with Crippen molar-refractivity contribution in [2.45, 2.75) is 13.0 Å². The Labute approximate surface area is 86.8 Å². The molecule has 2 N–H and O–H groups in total. The fourth-order valence-electron chi connectivity index (χ4n) is 1.34. The molecule has 2 aromatic rings. The summed E-state index contributed by atoms with van der Waals surface area (Å²) < 4.78 is 4.22. The number of pyridine rings is 1. The molecule has 72 valence electrons. The zero-order chi connectivity index (χ0) is 9.97. The average Bonchev–Trinajstić information content (AvgIpc) is 2.70. The van der Waals surface area contributed by atoms with E-state index in [1.807, 2.05) is 24.4 Å². The molecule has 4 heteroatoms. The van der Waals surface area contributed by atoms with E-state index in [1.54, 1.807) is 12.4 Å². The van der Waals surface area contributed by atoms with Crippen molar-refractivity contribution >= 4 is 11.5 Å². The van der Waals surface area contributed by atoms with E-state index in [9.17, 15) is 0 Å². The fraction of sp³-hybridized carbons (Fsp3) is 0.200. The van der Waals surface area contributed by atoms with Gasteiger partial charge in [0, 0.05) is 17.8 Å². The van der Waals surface area contributed by atoms with Gasteiger partial charge in [0.2, 0.25) is 0 Å².